The van der Waals surface area contributed by atoms with Gasteiger partial charge in [-0.25, -0.2) is 8.42 Å². The van der Waals surface area contributed by atoms with Gasteiger partial charge in [-0.15, -0.1) is 0 Å². The molecule has 1 aliphatic rings. The molecular weight excluding hydrogens is 506 g/mol. The Balaban J connectivity index is 1.59. The van der Waals surface area contributed by atoms with Gasteiger partial charge in [0.25, 0.3) is 5.56 Å². The van der Waals surface area contributed by atoms with Crippen LogP contribution in [0.3, 0.4) is 0 Å². The van der Waals surface area contributed by atoms with Crippen molar-refractivity contribution < 1.29 is 13.2 Å². The zero-order valence-electron chi connectivity index (χ0n) is 18.6. The molecule has 2 aromatic heterocycles. The van der Waals surface area contributed by atoms with Gasteiger partial charge >= 0.3 is 0 Å². The van der Waals surface area contributed by atoms with E-state index in [0.29, 0.717) is 25.2 Å². The molecule has 0 bridgehead atoms. The summed E-state index contributed by atoms with van der Waals surface area (Å²) in [6.45, 7) is 5.19. The number of benzene rings is 1. The van der Waals surface area contributed by atoms with Gasteiger partial charge in [-0.1, -0.05) is 28.1 Å². The summed E-state index contributed by atoms with van der Waals surface area (Å²) in [7, 11) is -3.67. The third kappa shape index (κ3) is 4.90. The predicted molar refractivity (Wildman–Crippen MR) is 130 cm³/mol. The lowest BCUT2D eigenvalue weighted by atomic mass is 10.1. The maximum Gasteiger partial charge on any atom is 0.251 e. The highest BCUT2D eigenvalue weighted by Gasteiger charge is 2.28. The summed E-state index contributed by atoms with van der Waals surface area (Å²) < 4.78 is 31.4. The van der Waals surface area contributed by atoms with Crippen molar-refractivity contribution in [2.45, 2.75) is 44.7 Å². The monoisotopic (exact) mass is 531 g/mol. The van der Waals surface area contributed by atoms with Gasteiger partial charge in [0.15, 0.2) is 5.78 Å². The van der Waals surface area contributed by atoms with Crippen molar-refractivity contribution in [3.63, 3.8) is 0 Å². The first-order valence-electron chi connectivity index (χ1n) is 10.8. The minimum Gasteiger partial charge on any atom is -0.344 e. The fourth-order valence-corrected chi connectivity index (χ4v) is 6.00. The summed E-state index contributed by atoms with van der Waals surface area (Å²) in [5.41, 5.74) is 2.98. The lowest BCUT2D eigenvalue weighted by Gasteiger charge is -2.16. The molecule has 0 N–H and O–H groups in total. The number of carbonyl (C=O) groups is 1. The summed E-state index contributed by atoms with van der Waals surface area (Å²) in [5, 5.41) is 0. The lowest BCUT2D eigenvalue weighted by Crippen LogP contribution is -2.30. The normalized spacial score (nSPS) is 14.6. The molecule has 0 aliphatic carbocycles. The largest absolute Gasteiger partial charge is 0.344 e. The molecule has 0 unspecified atom stereocenters. The van der Waals surface area contributed by atoms with E-state index in [0.717, 1.165) is 34.3 Å². The second-order valence-electron chi connectivity index (χ2n) is 8.36. The maximum absolute atomic E-state index is 13.1. The minimum absolute atomic E-state index is 0.0394. The van der Waals surface area contributed by atoms with Crippen molar-refractivity contribution in [1.29, 1.82) is 0 Å². The van der Waals surface area contributed by atoms with E-state index < -0.39 is 15.6 Å². The first-order chi connectivity index (χ1) is 15.7. The zero-order valence-corrected chi connectivity index (χ0v) is 21.0. The minimum atomic E-state index is -3.67. The quantitative estimate of drug-likeness (QED) is 0.435. The van der Waals surface area contributed by atoms with Gasteiger partial charge < -0.3 is 9.13 Å². The zero-order chi connectivity index (χ0) is 23.8. The van der Waals surface area contributed by atoms with Crippen LogP contribution in [0.2, 0.25) is 0 Å². The standard InChI is InChI=1S/C24H26BrN3O4S/c1-17-13-22(18(2)28(17)14-19-5-7-20(25)8-6-19)23(29)16-26-15-21(9-10-24(26)30)33(31,32)27-11-3-4-12-27/h5-10,13,15H,3-4,11-12,14,16H2,1-2H3. The Morgan fingerprint density at radius 1 is 1.03 bits per heavy atom. The molecule has 1 aromatic carbocycles. The topological polar surface area (TPSA) is 81.4 Å². The number of hydrogen-bond acceptors (Lipinski definition) is 4. The van der Waals surface area contributed by atoms with E-state index in [-0.39, 0.29) is 17.2 Å². The summed E-state index contributed by atoms with van der Waals surface area (Å²) in [4.78, 5) is 25.6. The molecule has 1 saturated heterocycles. The van der Waals surface area contributed by atoms with Gasteiger partial charge in [0.05, 0.1) is 11.4 Å². The smallest absolute Gasteiger partial charge is 0.251 e. The lowest BCUT2D eigenvalue weighted by molar-refractivity contribution is 0.0969. The van der Waals surface area contributed by atoms with Gasteiger partial charge in [-0.2, -0.15) is 4.31 Å². The number of hydrogen-bond donors (Lipinski definition) is 0. The van der Waals surface area contributed by atoms with Crippen molar-refractivity contribution in [3.8, 4) is 0 Å². The average Bonchev–Trinajstić information content (AvgIpc) is 3.42. The van der Waals surface area contributed by atoms with Gasteiger partial charge in [0.2, 0.25) is 10.0 Å². The number of sulfonamides is 1. The highest BCUT2D eigenvalue weighted by molar-refractivity contribution is 9.10. The number of rotatable bonds is 7. The Morgan fingerprint density at radius 3 is 2.36 bits per heavy atom. The number of halogens is 1. The number of aryl methyl sites for hydroxylation is 1. The van der Waals surface area contributed by atoms with Crippen LogP contribution in [0.25, 0.3) is 0 Å². The molecule has 174 valence electrons. The Kier molecular flexibility index (Phi) is 6.74. The highest BCUT2D eigenvalue weighted by atomic mass is 79.9. The molecule has 0 atom stereocenters. The van der Waals surface area contributed by atoms with Crippen molar-refractivity contribution >= 4 is 31.7 Å². The molecule has 3 heterocycles. The predicted octanol–water partition coefficient (Wildman–Crippen LogP) is 3.74. The number of aromatic nitrogens is 2. The summed E-state index contributed by atoms with van der Waals surface area (Å²) in [6, 6.07) is 12.4. The van der Waals surface area contributed by atoms with Crippen LogP contribution < -0.4 is 5.56 Å². The van der Waals surface area contributed by atoms with Crippen LogP contribution in [0.5, 0.6) is 0 Å². The number of ketones is 1. The molecule has 3 aromatic rings. The van der Waals surface area contributed by atoms with E-state index in [4.69, 9.17) is 0 Å². The van der Waals surface area contributed by atoms with Crippen molar-refractivity contribution in [2.75, 3.05) is 13.1 Å². The molecule has 33 heavy (non-hydrogen) atoms. The van der Waals surface area contributed by atoms with Crippen LogP contribution in [0.1, 0.15) is 40.2 Å². The molecule has 0 spiro atoms. The Labute approximate surface area is 201 Å². The number of nitrogens with zero attached hydrogens (tertiary/aromatic N) is 3. The summed E-state index contributed by atoms with van der Waals surface area (Å²) in [6.07, 6.45) is 2.94. The first kappa shape index (κ1) is 23.7. The molecule has 9 heteroatoms. The number of pyridine rings is 1. The second-order valence-corrected chi connectivity index (χ2v) is 11.2. The molecule has 4 rings (SSSR count). The van der Waals surface area contributed by atoms with Crippen molar-refractivity contribution in [2.24, 2.45) is 0 Å². The average molecular weight is 532 g/mol. The Hall–Kier alpha value is -2.49. The van der Waals surface area contributed by atoms with Crippen LogP contribution in [-0.2, 0) is 23.1 Å². The fourth-order valence-electron chi connectivity index (χ4n) is 4.20. The van der Waals surface area contributed by atoms with Gasteiger partial charge in [-0.3, -0.25) is 9.59 Å². The van der Waals surface area contributed by atoms with Crippen LogP contribution in [-0.4, -0.2) is 40.7 Å². The number of Topliss-reactive ketones (excluding diaryl/α,β-unsaturated/α-hetero) is 1. The Bertz CT molecular complexity index is 1350. The molecule has 1 fully saturated rings. The van der Waals surface area contributed by atoms with E-state index in [9.17, 15) is 18.0 Å². The molecule has 1 aliphatic heterocycles. The second kappa shape index (κ2) is 9.40. The van der Waals surface area contributed by atoms with Gasteiger partial charge in [0, 0.05) is 53.3 Å². The summed E-state index contributed by atoms with van der Waals surface area (Å²) in [5.74, 6) is -0.233. The van der Waals surface area contributed by atoms with E-state index in [2.05, 4.69) is 20.5 Å². The van der Waals surface area contributed by atoms with Crippen molar-refractivity contribution in [3.05, 3.63) is 86.0 Å². The van der Waals surface area contributed by atoms with Gasteiger partial charge in [-0.05, 0) is 56.5 Å². The van der Waals surface area contributed by atoms with Crippen LogP contribution in [0.15, 0.2) is 62.8 Å². The molecule has 0 radical (unpaired) electrons. The first-order valence-corrected chi connectivity index (χ1v) is 13.0. The van der Waals surface area contributed by atoms with E-state index in [1.807, 2.05) is 44.2 Å². The third-order valence-electron chi connectivity index (χ3n) is 6.10. The SMILES string of the molecule is Cc1cc(C(=O)Cn2cc(S(=O)(=O)N3CCCC3)ccc2=O)c(C)n1Cc1ccc(Br)cc1. The summed E-state index contributed by atoms with van der Waals surface area (Å²) >= 11 is 3.44. The Morgan fingerprint density at radius 2 is 1.70 bits per heavy atom. The molecule has 7 nitrogen and oxygen atoms in total. The fraction of sp³-hybridized carbons (Fsp3) is 0.333. The number of carbonyl (C=O) groups excluding carboxylic acids is 1. The van der Waals surface area contributed by atoms with Crippen molar-refractivity contribution in [1.82, 2.24) is 13.4 Å². The molecule has 0 saturated carbocycles. The maximum atomic E-state index is 13.1. The van der Waals surface area contributed by atoms with Crippen LogP contribution >= 0.6 is 15.9 Å². The molecular formula is C24H26BrN3O4S. The van der Waals surface area contributed by atoms with E-state index >= 15 is 0 Å². The van der Waals surface area contributed by atoms with Crippen LogP contribution in [0.4, 0.5) is 0 Å². The van der Waals surface area contributed by atoms with Crippen LogP contribution in [0, 0.1) is 13.8 Å². The molecule has 0 amide bonds. The highest BCUT2D eigenvalue weighted by Crippen LogP contribution is 2.21. The third-order valence-corrected chi connectivity index (χ3v) is 8.51. The van der Waals surface area contributed by atoms with E-state index in [1.54, 1.807) is 0 Å². The van der Waals surface area contributed by atoms with E-state index in [1.165, 1.54) is 27.2 Å². The van der Waals surface area contributed by atoms with Gasteiger partial charge in [0.1, 0.15) is 0 Å².